The lowest BCUT2D eigenvalue weighted by molar-refractivity contribution is -0.114. The highest BCUT2D eigenvalue weighted by atomic mass is 19.1. The van der Waals surface area contributed by atoms with Crippen LogP contribution in [0.15, 0.2) is 30.3 Å². The summed E-state index contributed by atoms with van der Waals surface area (Å²) in [6.45, 7) is 3.03. The zero-order valence-corrected chi connectivity index (χ0v) is 13.1. The first kappa shape index (κ1) is 16.5. The molecule has 23 heavy (non-hydrogen) atoms. The molecule has 122 valence electrons. The molecule has 2 rings (SSSR count). The molecular weight excluding hydrogens is 301 g/mol. The van der Waals surface area contributed by atoms with Gasteiger partial charge < -0.3 is 20.4 Å². The molecule has 2 amide bonds. The summed E-state index contributed by atoms with van der Waals surface area (Å²) < 4.78 is 19.5. The van der Waals surface area contributed by atoms with E-state index in [4.69, 9.17) is 4.74 Å². The van der Waals surface area contributed by atoms with Crippen molar-refractivity contribution in [2.75, 3.05) is 12.4 Å². The Morgan fingerprint density at radius 1 is 1.30 bits per heavy atom. The third kappa shape index (κ3) is 3.88. The number of rotatable bonds is 5. The van der Waals surface area contributed by atoms with Crippen molar-refractivity contribution < 1.29 is 18.7 Å². The van der Waals surface area contributed by atoms with Crippen molar-refractivity contribution in [3.05, 3.63) is 47.4 Å². The van der Waals surface area contributed by atoms with Crippen molar-refractivity contribution >= 4 is 17.6 Å². The van der Waals surface area contributed by atoms with Gasteiger partial charge in [-0.25, -0.2) is 4.39 Å². The van der Waals surface area contributed by atoms with Gasteiger partial charge in [0.2, 0.25) is 5.91 Å². The second-order valence-electron chi connectivity index (χ2n) is 4.96. The van der Waals surface area contributed by atoms with Gasteiger partial charge in [0.25, 0.3) is 5.91 Å². The molecule has 3 N–H and O–H groups in total. The highest BCUT2D eigenvalue weighted by Gasteiger charge is 2.20. The van der Waals surface area contributed by atoms with Crippen LogP contribution in [0.3, 0.4) is 0 Å². The summed E-state index contributed by atoms with van der Waals surface area (Å²) in [5.41, 5.74) is 0.525. The van der Waals surface area contributed by atoms with Crippen molar-refractivity contribution in [2.24, 2.45) is 0 Å². The predicted molar refractivity (Wildman–Crippen MR) is 83.9 cm³/mol. The average Bonchev–Trinajstić information content (AvgIpc) is 2.88. The van der Waals surface area contributed by atoms with Crippen molar-refractivity contribution in [2.45, 2.75) is 20.0 Å². The van der Waals surface area contributed by atoms with Gasteiger partial charge in [-0.05, 0) is 13.0 Å². The van der Waals surface area contributed by atoms with E-state index in [9.17, 15) is 14.0 Å². The van der Waals surface area contributed by atoms with Crippen LogP contribution in [0.4, 0.5) is 10.2 Å². The number of hydrogen-bond acceptors (Lipinski definition) is 3. The van der Waals surface area contributed by atoms with Gasteiger partial charge in [-0.2, -0.15) is 0 Å². The van der Waals surface area contributed by atoms with Crippen LogP contribution in [0.2, 0.25) is 0 Å². The third-order valence-electron chi connectivity index (χ3n) is 3.19. The lowest BCUT2D eigenvalue weighted by atomic mass is 10.1. The van der Waals surface area contributed by atoms with E-state index < -0.39 is 12.0 Å². The van der Waals surface area contributed by atoms with E-state index in [0.717, 1.165) is 0 Å². The van der Waals surface area contributed by atoms with Crippen molar-refractivity contribution in [3.8, 4) is 5.75 Å². The van der Waals surface area contributed by atoms with E-state index in [2.05, 4.69) is 15.6 Å². The van der Waals surface area contributed by atoms with Gasteiger partial charge in [-0.1, -0.05) is 18.2 Å². The fourth-order valence-corrected chi connectivity index (χ4v) is 2.14. The van der Waals surface area contributed by atoms with Gasteiger partial charge in [0.05, 0.1) is 0 Å². The van der Waals surface area contributed by atoms with Crippen LogP contribution in [0.5, 0.6) is 5.75 Å². The number of anilines is 1. The number of carbonyl (C=O) groups is 2. The highest BCUT2D eigenvalue weighted by molar-refractivity contribution is 5.97. The number of hydrogen-bond donors (Lipinski definition) is 3. The number of amides is 2. The third-order valence-corrected chi connectivity index (χ3v) is 3.19. The largest absolute Gasteiger partial charge is 0.483 e. The number of nitrogens with one attached hydrogen (secondary N) is 3. The van der Waals surface area contributed by atoms with Crippen molar-refractivity contribution in [1.82, 2.24) is 10.3 Å². The molecule has 0 spiro atoms. The smallest absolute Gasteiger partial charge is 0.271 e. The molecule has 0 bridgehead atoms. The maximum absolute atomic E-state index is 13.8. The molecule has 6 nitrogen and oxygen atoms in total. The Bertz CT molecular complexity index is 727. The van der Waals surface area contributed by atoms with E-state index in [0.29, 0.717) is 11.4 Å². The second-order valence-corrected chi connectivity index (χ2v) is 4.96. The van der Waals surface area contributed by atoms with Gasteiger partial charge >= 0.3 is 0 Å². The Morgan fingerprint density at radius 2 is 2.00 bits per heavy atom. The number of halogens is 1. The Labute approximate surface area is 133 Å². The fourth-order valence-electron chi connectivity index (χ4n) is 2.14. The standard InChI is InChI=1S/C16H18FN3O3/c1-9(11-6-4-5-7-12(11)17)23-13-8-14(19-10(2)21)20-15(13)16(22)18-3/h4-9,20H,1-3H3,(H,18,22)(H,19,21)/t9-/m1/s1. The molecule has 0 aliphatic heterocycles. The molecule has 0 saturated heterocycles. The number of benzene rings is 1. The van der Waals surface area contributed by atoms with Crippen molar-refractivity contribution in [1.29, 1.82) is 0 Å². The number of carbonyl (C=O) groups excluding carboxylic acids is 2. The number of aromatic amines is 1. The van der Waals surface area contributed by atoms with Crippen molar-refractivity contribution in [3.63, 3.8) is 0 Å². The van der Waals surface area contributed by atoms with Gasteiger partial charge in [0, 0.05) is 25.6 Å². The number of H-pyrrole nitrogens is 1. The maximum atomic E-state index is 13.8. The second kappa shape index (κ2) is 6.95. The van der Waals surface area contributed by atoms with Gasteiger partial charge in [0.1, 0.15) is 23.4 Å². The van der Waals surface area contributed by atoms with Crippen LogP contribution >= 0.6 is 0 Å². The van der Waals surface area contributed by atoms with Crippen LogP contribution in [0.1, 0.15) is 36.0 Å². The molecule has 0 aliphatic rings. The van der Waals surface area contributed by atoms with Crippen LogP contribution in [-0.2, 0) is 4.79 Å². The average molecular weight is 319 g/mol. The molecule has 1 aromatic carbocycles. The van der Waals surface area contributed by atoms with Gasteiger partial charge in [-0.3, -0.25) is 9.59 Å². The lowest BCUT2D eigenvalue weighted by Crippen LogP contribution is -2.19. The Kier molecular flexibility index (Phi) is 5.00. The van der Waals surface area contributed by atoms with Gasteiger partial charge in [-0.15, -0.1) is 0 Å². The van der Waals surface area contributed by atoms with Crippen LogP contribution in [0, 0.1) is 5.82 Å². The Balaban J connectivity index is 2.30. The first-order valence-electron chi connectivity index (χ1n) is 7.06. The molecule has 0 saturated carbocycles. The van der Waals surface area contributed by atoms with Crippen LogP contribution in [-0.4, -0.2) is 23.8 Å². The zero-order chi connectivity index (χ0) is 17.0. The topological polar surface area (TPSA) is 83.2 Å². The minimum Gasteiger partial charge on any atom is -0.483 e. The maximum Gasteiger partial charge on any atom is 0.271 e. The summed E-state index contributed by atoms with van der Waals surface area (Å²) in [5.74, 6) is -0.532. The number of ether oxygens (including phenoxy) is 1. The monoisotopic (exact) mass is 319 g/mol. The lowest BCUT2D eigenvalue weighted by Gasteiger charge is -2.15. The van der Waals surface area contributed by atoms with E-state index >= 15 is 0 Å². The first-order valence-corrected chi connectivity index (χ1v) is 7.06. The van der Waals surface area contributed by atoms with E-state index in [1.165, 1.54) is 26.1 Å². The molecule has 1 aromatic heterocycles. The molecular formula is C16H18FN3O3. The molecule has 0 aliphatic carbocycles. The van der Waals surface area contributed by atoms with E-state index in [-0.39, 0.29) is 23.2 Å². The quantitative estimate of drug-likeness (QED) is 0.792. The number of aromatic nitrogens is 1. The summed E-state index contributed by atoms with van der Waals surface area (Å²) >= 11 is 0. The normalized spacial score (nSPS) is 11.7. The Hall–Kier alpha value is -2.83. The van der Waals surface area contributed by atoms with E-state index in [1.807, 2.05) is 0 Å². The summed E-state index contributed by atoms with van der Waals surface area (Å²) in [7, 11) is 1.48. The summed E-state index contributed by atoms with van der Waals surface area (Å²) in [5, 5.41) is 5.02. The predicted octanol–water partition coefficient (Wildman–Crippen LogP) is 2.61. The minimum absolute atomic E-state index is 0.152. The Morgan fingerprint density at radius 3 is 2.61 bits per heavy atom. The molecule has 0 unspecified atom stereocenters. The molecule has 1 heterocycles. The first-order chi connectivity index (χ1) is 10.9. The summed E-state index contributed by atoms with van der Waals surface area (Å²) in [6.07, 6.45) is -0.611. The molecule has 0 radical (unpaired) electrons. The minimum atomic E-state index is -0.611. The highest BCUT2D eigenvalue weighted by Crippen LogP contribution is 2.29. The van der Waals surface area contributed by atoms with E-state index in [1.54, 1.807) is 25.1 Å². The zero-order valence-electron chi connectivity index (χ0n) is 13.1. The molecule has 0 fully saturated rings. The molecule has 2 aromatic rings. The van der Waals surface area contributed by atoms with Gasteiger partial charge in [0.15, 0.2) is 5.75 Å². The van der Waals surface area contributed by atoms with Crippen LogP contribution in [0.25, 0.3) is 0 Å². The SMILES string of the molecule is CNC(=O)c1[nH]c(NC(C)=O)cc1O[C@H](C)c1ccccc1F. The summed E-state index contributed by atoms with van der Waals surface area (Å²) in [6, 6.07) is 7.74. The molecule has 7 heteroatoms. The summed E-state index contributed by atoms with van der Waals surface area (Å²) in [4.78, 5) is 25.8. The fraction of sp³-hybridized carbons (Fsp3) is 0.250. The van der Waals surface area contributed by atoms with Crippen LogP contribution < -0.4 is 15.4 Å². The molecule has 1 atom stereocenters.